The van der Waals surface area contributed by atoms with E-state index in [1.165, 1.54) is 5.56 Å². The molecule has 2 aromatic carbocycles. The summed E-state index contributed by atoms with van der Waals surface area (Å²) in [6.07, 6.45) is 0.962. The van der Waals surface area contributed by atoms with Crippen LogP contribution >= 0.6 is 15.9 Å². The second-order valence-electron chi connectivity index (χ2n) is 5.50. The van der Waals surface area contributed by atoms with Crippen molar-refractivity contribution in [2.45, 2.75) is 13.0 Å². The van der Waals surface area contributed by atoms with E-state index in [-0.39, 0.29) is 5.69 Å². The van der Waals surface area contributed by atoms with E-state index in [1.54, 1.807) is 10.7 Å². The first-order chi connectivity index (χ1) is 11.7. The minimum absolute atomic E-state index is 0.0606. The maximum Gasteiger partial charge on any atom is 0.356 e. The van der Waals surface area contributed by atoms with Crippen LogP contribution in [0.15, 0.2) is 60.7 Å². The van der Waals surface area contributed by atoms with Crippen LogP contribution in [0, 0.1) is 0 Å². The van der Waals surface area contributed by atoms with Gasteiger partial charge in [-0.3, -0.25) is 4.68 Å². The van der Waals surface area contributed by atoms with E-state index in [2.05, 4.69) is 33.2 Å². The molecule has 0 bridgehead atoms. The van der Waals surface area contributed by atoms with Crippen LogP contribution in [-0.4, -0.2) is 26.2 Å². The number of hydrogen-bond acceptors (Lipinski definition) is 2. The Kier molecular flexibility index (Phi) is 5.11. The minimum Gasteiger partial charge on any atom is -0.476 e. The van der Waals surface area contributed by atoms with Crippen LogP contribution in [0.4, 0.5) is 0 Å². The van der Waals surface area contributed by atoms with Gasteiger partial charge >= 0.3 is 5.97 Å². The highest BCUT2D eigenvalue weighted by Gasteiger charge is 2.15. The number of hydrogen-bond donors (Lipinski definition) is 1. The summed E-state index contributed by atoms with van der Waals surface area (Å²) < 4.78 is 1.75. The lowest BCUT2D eigenvalue weighted by Crippen LogP contribution is -2.05. The van der Waals surface area contributed by atoms with Gasteiger partial charge in [-0.15, -0.1) is 0 Å². The van der Waals surface area contributed by atoms with E-state index in [0.29, 0.717) is 6.54 Å². The fourth-order valence-electron chi connectivity index (χ4n) is 2.58. The number of carboxylic acid groups (broad SMARTS) is 1. The summed E-state index contributed by atoms with van der Waals surface area (Å²) in [7, 11) is 0. The van der Waals surface area contributed by atoms with Crippen LogP contribution in [0.2, 0.25) is 0 Å². The van der Waals surface area contributed by atoms with E-state index in [1.807, 2.05) is 42.5 Å². The number of benzene rings is 2. The Labute approximate surface area is 148 Å². The van der Waals surface area contributed by atoms with Crippen molar-refractivity contribution in [3.63, 3.8) is 0 Å². The molecule has 0 amide bonds. The molecule has 0 radical (unpaired) electrons. The van der Waals surface area contributed by atoms with Crippen molar-refractivity contribution in [1.82, 2.24) is 9.78 Å². The third kappa shape index (κ3) is 3.74. The molecule has 0 spiro atoms. The first kappa shape index (κ1) is 16.5. The van der Waals surface area contributed by atoms with E-state index in [0.717, 1.165) is 28.6 Å². The standard InChI is InChI=1S/C19H17BrN2O2/c20-11-10-14-6-8-16(9-7-14)18-12-17(19(23)24)21-22(18)13-15-4-2-1-3-5-15/h1-9,12H,10-11,13H2,(H,23,24). The van der Waals surface area contributed by atoms with Crippen LogP contribution in [-0.2, 0) is 13.0 Å². The predicted molar refractivity (Wildman–Crippen MR) is 97.7 cm³/mol. The first-order valence-corrected chi connectivity index (χ1v) is 8.80. The molecule has 24 heavy (non-hydrogen) atoms. The Balaban J connectivity index is 1.97. The molecule has 0 aliphatic carbocycles. The Hall–Kier alpha value is -2.40. The Bertz CT molecular complexity index is 826. The van der Waals surface area contributed by atoms with E-state index in [9.17, 15) is 9.90 Å². The number of aromatic nitrogens is 2. The second kappa shape index (κ2) is 7.45. The monoisotopic (exact) mass is 384 g/mol. The number of aromatic carboxylic acids is 1. The lowest BCUT2D eigenvalue weighted by atomic mass is 10.1. The predicted octanol–water partition coefficient (Wildman–Crippen LogP) is 4.23. The molecule has 0 atom stereocenters. The minimum atomic E-state index is -1.01. The molecule has 0 aliphatic rings. The van der Waals surface area contributed by atoms with Gasteiger partial charge < -0.3 is 5.11 Å². The quantitative estimate of drug-likeness (QED) is 0.646. The van der Waals surface area contributed by atoms with Gasteiger partial charge in [-0.05, 0) is 29.2 Å². The van der Waals surface area contributed by atoms with Crippen molar-refractivity contribution in [1.29, 1.82) is 0 Å². The Morgan fingerprint density at radius 3 is 2.38 bits per heavy atom. The molecule has 1 aromatic heterocycles. The molecule has 0 saturated heterocycles. The summed E-state index contributed by atoms with van der Waals surface area (Å²) in [4.78, 5) is 11.3. The lowest BCUT2D eigenvalue weighted by Gasteiger charge is -2.08. The summed E-state index contributed by atoms with van der Waals surface area (Å²) in [6.45, 7) is 0.534. The van der Waals surface area contributed by atoms with Crippen LogP contribution in [0.25, 0.3) is 11.3 Å². The molecule has 0 unspecified atom stereocenters. The molecule has 5 heteroatoms. The van der Waals surface area contributed by atoms with E-state index < -0.39 is 5.97 Å². The van der Waals surface area contributed by atoms with Gasteiger partial charge in [-0.25, -0.2) is 4.79 Å². The lowest BCUT2D eigenvalue weighted by molar-refractivity contribution is 0.0689. The van der Waals surface area contributed by atoms with Crippen molar-refractivity contribution in [3.05, 3.63) is 77.5 Å². The van der Waals surface area contributed by atoms with Crippen molar-refractivity contribution < 1.29 is 9.90 Å². The zero-order valence-corrected chi connectivity index (χ0v) is 14.6. The topological polar surface area (TPSA) is 55.1 Å². The molecule has 3 rings (SSSR count). The molecule has 0 saturated carbocycles. The maximum atomic E-state index is 11.3. The molecule has 1 N–H and O–H groups in total. The Morgan fingerprint density at radius 2 is 1.75 bits per heavy atom. The van der Waals surface area contributed by atoms with Gasteiger partial charge in [-0.2, -0.15) is 5.10 Å². The van der Waals surface area contributed by atoms with Gasteiger partial charge in [-0.1, -0.05) is 70.5 Å². The van der Waals surface area contributed by atoms with Crippen LogP contribution in [0.1, 0.15) is 21.6 Å². The fraction of sp³-hybridized carbons (Fsp3) is 0.158. The highest BCUT2D eigenvalue weighted by molar-refractivity contribution is 9.09. The average Bonchev–Trinajstić information content (AvgIpc) is 3.01. The van der Waals surface area contributed by atoms with Crippen molar-refractivity contribution >= 4 is 21.9 Å². The number of aryl methyl sites for hydroxylation is 1. The number of carboxylic acids is 1. The van der Waals surface area contributed by atoms with Gasteiger partial charge in [0.2, 0.25) is 0 Å². The SMILES string of the molecule is O=C(O)c1cc(-c2ccc(CCBr)cc2)n(Cc2ccccc2)n1. The highest BCUT2D eigenvalue weighted by atomic mass is 79.9. The molecule has 0 aliphatic heterocycles. The van der Waals surface area contributed by atoms with Gasteiger partial charge in [0.25, 0.3) is 0 Å². The first-order valence-electron chi connectivity index (χ1n) is 7.67. The smallest absolute Gasteiger partial charge is 0.356 e. The Morgan fingerprint density at radius 1 is 1.04 bits per heavy atom. The maximum absolute atomic E-state index is 11.3. The number of alkyl halides is 1. The summed E-state index contributed by atoms with van der Waals surface area (Å²) in [5.74, 6) is -1.01. The summed E-state index contributed by atoms with van der Waals surface area (Å²) in [6, 6.07) is 19.7. The van der Waals surface area contributed by atoms with E-state index >= 15 is 0 Å². The second-order valence-corrected chi connectivity index (χ2v) is 6.29. The normalized spacial score (nSPS) is 10.7. The molecular formula is C19H17BrN2O2. The van der Waals surface area contributed by atoms with Crippen molar-refractivity contribution in [3.8, 4) is 11.3 Å². The van der Waals surface area contributed by atoms with Gasteiger partial charge in [0, 0.05) is 5.33 Å². The zero-order valence-electron chi connectivity index (χ0n) is 13.0. The number of carbonyl (C=O) groups is 1. The van der Waals surface area contributed by atoms with Gasteiger partial charge in [0.15, 0.2) is 5.69 Å². The largest absolute Gasteiger partial charge is 0.476 e. The molecule has 122 valence electrons. The van der Waals surface area contributed by atoms with Gasteiger partial charge in [0.1, 0.15) is 0 Å². The molecule has 1 heterocycles. The third-order valence-electron chi connectivity index (χ3n) is 3.81. The fourth-order valence-corrected chi connectivity index (χ4v) is 3.04. The summed E-state index contributed by atoms with van der Waals surface area (Å²) in [5, 5.41) is 14.4. The number of halogens is 1. The van der Waals surface area contributed by atoms with Crippen molar-refractivity contribution in [2.24, 2.45) is 0 Å². The third-order valence-corrected chi connectivity index (χ3v) is 4.20. The molecule has 3 aromatic rings. The highest BCUT2D eigenvalue weighted by Crippen LogP contribution is 2.23. The van der Waals surface area contributed by atoms with Crippen LogP contribution in [0.3, 0.4) is 0 Å². The van der Waals surface area contributed by atoms with Crippen LogP contribution in [0.5, 0.6) is 0 Å². The zero-order chi connectivity index (χ0) is 16.9. The van der Waals surface area contributed by atoms with Gasteiger partial charge in [0.05, 0.1) is 12.2 Å². The molecule has 4 nitrogen and oxygen atoms in total. The van der Waals surface area contributed by atoms with Crippen molar-refractivity contribution in [2.75, 3.05) is 5.33 Å². The summed E-state index contributed by atoms with van der Waals surface area (Å²) >= 11 is 3.44. The number of rotatable bonds is 6. The summed E-state index contributed by atoms with van der Waals surface area (Å²) in [5.41, 5.74) is 4.15. The average molecular weight is 385 g/mol. The van der Waals surface area contributed by atoms with E-state index in [4.69, 9.17) is 0 Å². The number of nitrogens with zero attached hydrogens (tertiary/aromatic N) is 2. The molecule has 0 fully saturated rings. The van der Waals surface area contributed by atoms with Crippen LogP contribution < -0.4 is 0 Å². The molecular weight excluding hydrogens is 368 g/mol.